The lowest BCUT2D eigenvalue weighted by Gasteiger charge is -2.33. The number of hydrogen-bond acceptors (Lipinski definition) is 7. The molecule has 1 fully saturated rings. The first-order valence-electron chi connectivity index (χ1n) is 9.30. The Labute approximate surface area is 156 Å². The van der Waals surface area contributed by atoms with E-state index in [-0.39, 0.29) is 17.8 Å². The van der Waals surface area contributed by atoms with Gasteiger partial charge in [0.25, 0.3) is 0 Å². The molecule has 2 aromatic heterocycles. The number of nitrogens with zero attached hydrogens (tertiary/aromatic N) is 5. The Balaban J connectivity index is 1.47. The Kier molecular flexibility index (Phi) is 4.98. The minimum atomic E-state index is -0.286. The highest BCUT2D eigenvalue weighted by Crippen LogP contribution is 2.31. The van der Waals surface area contributed by atoms with E-state index in [4.69, 9.17) is 8.94 Å². The molecule has 0 spiro atoms. The van der Waals surface area contributed by atoms with Crippen molar-refractivity contribution in [1.82, 2.24) is 25.2 Å². The third kappa shape index (κ3) is 3.75. The topological polar surface area (TPSA) is 81.1 Å². The highest BCUT2D eigenvalue weighted by molar-refractivity contribution is 5.53. The smallest absolute Gasteiger partial charge is 0.233 e. The van der Waals surface area contributed by atoms with Gasteiger partial charge >= 0.3 is 0 Å². The second-order valence-electron chi connectivity index (χ2n) is 6.86. The predicted octanol–water partition coefficient (Wildman–Crippen LogP) is 3.76. The summed E-state index contributed by atoms with van der Waals surface area (Å²) in [5.74, 6) is 2.27. The first kappa shape index (κ1) is 17.8. The number of benzene rings is 1. The zero-order chi connectivity index (χ0) is 18.8. The molecule has 7 nitrogen and oxygen atoms in total. The maximum Gasteiger partial charge on any atom is 0.233 e. The van der Waals surface area contributed by atoms with E-state index in [2.05, 4.69) is 32.2 Å². The van der Waals surface area contributed by atoms with Crippen molar-refractivity contribution in [3.8, 4) is 11.4 Å². The van der Waals surface area contributed by atoms with Crippen molar-refractivity contribution in [2.24, 2.45) is 0 Å². The maximum absolute atomic E-state index is 13.1. The summed E-state index contributed by atoms with van der Waals surface area (Å²) in [5.41, 5.74) is 0.741. The number of hydrogen-bond donors (Lipinski definition) is 0. The first-order chi connectivity index (χ1) is 13.1. The van der Waals surface area contributed by atoms with Crippen LogP contribution in [0.3, 0.4) is 0 Å². The van der Waals surface area contributed by atoms with Crippen LogP contribution in [0.25, 0.3) is 11.4 Å². The number of rotatable bonds is 5. The normalized spacial score (nSPS) is 19.3. The Morgan fingerprint density at radius 2 is 2.07 bits per heavy atom. The average Bonchev–Trinajstić information content (AvgIpc) is 3.38. The van der Waals surface area contributed by atoms with Crippen LogP contribution in [0, 0.1) is 5.82 Å². The van der Waals surface area contributed by atoms with Crippen LogP contribution in [0.4, 0.5) is 4.39 Å². The predicted molar refractivity (Wildman–Crippen MR) is 95.3 cm³/mol. The van der Waals surface area contributed by atoms with Gasteiger partial charge in [0.2, 0.25) is 23.5 Å². The van der Waals surface area contributed by atoms with Crippen LogP contribution in [-0.2, 0) is 6.42 Å². The molecule has 142 valence electrons. The van der Waals surface area contributed by atoms with E-state index >= 15 is 0 Å². The van der Waals surface area contributed by atoms with Crippen molar-refractivity contribution in [3.05, 3.63) is 47.8 Å². The lowest BCUT2D eigenvalue weighted by atomic mass is 9.96. The van der Waals surface area contributed by atoms with E-state index in [1.54, 1.807) is 12.1 Å². The van der Waals surface area contributed by atoms with Gasteiger partial charge in [-0.2, -0.15) is 4.98 Å². The number of aromatic nitrogens is 4. The summed E-state index contributed by atoms with van der Waals surface area (Å²) in [7, 11) is 0. The fourth-order valence-electron chi connectivity index (χ4n) is 3.41. The minimum Gasteiger partial charge on any atom is -0.424 e. The standard InChI is InChI=1S/C19H22FN5O2/c1-3-16-22-23-18(26-16)12(2)25-10-4-5-14(11-25)19-21-17(24-27-19)13-6-8-15(20)9-7-13/h6-9,12,14H,3-5,10-11H2,1-2H3. The van der Waals surface area contributed by atoms with E-state index in [0.29, 0.717) is 23.5 Å². The highest BCUT2D eigenvalue weighted by Gasteiger charge is 2.31. The lowest BCUT2D eigenvalue weighted by Crippen LogP contribution is -2.36. The Morgan fingerprint density at radius 1 is 1.26 bits per heavy atom. The van der Waals surface area contributed by atoms with E-state index in [9.17, 15) is 4.39 Å². The van der Waals surface area contributed by atoms with Crippen LogP contribution in [0.1, 0.15) is 56.3 Å². The van der Waals surface area contributed by atoms with Crippen LogP contribution < -0.4 is 0 Å². The Bertz CT molecular complexity index is 892. The summed E-state index contributed by atoms with van der Waals surface area (Å²) in [6.07, 6.45) is 2.74. The summed E-state index contributed by atoms with van der Waals surface area (Å²) >= 11 is 0. The molecular formula is C19H22FN5O2. The fourth-order valence-corrected chi connectivity index (χ4v) is 3.41. The first-order valence-corrected chi connectivity index (χ1v) is 9.30. The molecule has 0 N–H and O–H groups in total. The molecular weight excluding hydrogens is 349 g/mol. The lowest BCUT2D eigenvalue weighted by molar-refractivity contribution is 0.127. The molecule has 2 atom stereocenters. The maximum atomic E-state index is 13.1. The quantitative estimate of drug-likeness (QED) is 0.675. The second kappa shape index (κ2) is 7.56. The Morgan fingerprint density at radius 3 is 2.81 bits per heavy atom. The zero-order valence-corrected chi connectivity index (χ0v) is 15.4. The van der Waals surface area contributed by atoms with Gasteiger partial charge in [0.05, 0.1) is 12.0 Å². The number of likely N-dealkylation sites (tertiary alicyclic amines) is 1. The van der Waals surface area contributed by atoms with Crippen molar-refractivity contribution >= 4 is 0 Å². The molecule has 0 saturated carbocycles. The van der Waals surface area contributed by atoms with Crippen molar-refractivity contribution in [3.63, 3.8) is 0 Å². The van der Waals surface area contributed by atoms with Crippen LogP contribution in [0.2, 0.25) is 0 Å². The summed E-state index contributed by atoms with van der Waals surface area (Å²) in [6, 6.07) is 6.13. The third-order valence-corrected chi connectivity index (χ3v) is 5.04. The van der Waals surface area contributed by atoms with Crippen molar-refractivity contribution < 1.29 is 13.3 Å². The SMILES string of the molecule is CCc1nnc(C(C)N2CCCC(c3nc(-c4ccc(F)cc4)no3)C2)o1. The van der Waals surface area contributed by atoms with Crippen LogP contribution in [-0.4, -0.2) is 38.3 Å². The third-order valence-electron chi connectivity index (χ3n) is 5.04. The van der Waals surface area contributed by atoms with Gasteiger partial charge in [0.1, 0.15) is 5.82 Å². The van der Waals surface area contributed by atoms with Crippen molar-refractivity contribution in [1.29, 1.82) is 0 Å². The molecule has 0 aliphatic carbocycles. The van der Waals surface area contributed by atoms with E-state index < -0.39 is 0 Å². The summed E-state index contributed by atoms with van der Waals surface area (Å²) < 4.78 is 24.3. The second-order valence-corrected chi connectivity index (χ2v) is 6.86. The molecule has 0 amide bonds. The van der Waals surface area contributed by atoms with Crippen LogP contribution in [0.5, 0.6) is 0 Å². The highest BCUT2D eigenvalue weighted by atomic mass is 19.1. The number of piperidine rings is 1. The monoisotopic (exact) mass is 371 g/mol. The summed E-state index contributed by atoms with van der Waals surface area (Å²) in [6.45, 7) is 5.82. The van der Waals surface area contributed by atoms with Crippen molar-refractivity contribution in [2.45, 2.75) is 45.1 Å². The largest absolute Gasteiger partial charge is 0.424 e. The molecule has 27 heavy (non-hydrogen) atoms. The molecule has 3 aromatic rings. The molecule has 0 radical (unpaired) electrons. The van der Waals surface area contributed by atoms with Crippen LogP contribution in [0.15, 0.2) is 33.2 Å². The molecule has 1 aliphatic heterocycles. The van der Waals surface area contributed by atoms with Gasteiger partial charge in [-0.15, -0.1) is 10.2 Å². The van der Waals surface area contributed by atoms with Crippen molar-refractivity contribution in [2.75, 3.05) is 13.1 Å². The van der Waals surface area contributed by atoms with E-state index in [1.165, 1.54) is 12.1 Å². The van der Waals surface area contributed by atoms with Crippen LogP contribution >= 0.6 is 0 Å². The summed E-state index contributed by atoms with van der Waals surface area (Å²) in [4.78, 5) is 6.85. The molecule has 4 rings (SSSR count). The molecule has 8 heteroatoms. The number of halogens is 1. The van der Waals surface area contributed by atoms with Gasteiger partial charge < -0.3 is 8.94 Å². The fraction of sp³-hybridized carbons (Fsp3) is 0.474. The zero-order valence-electron chi connectivity index (χ0n) is 15.4. The molecule has 2 unspecified atom stereocenters. The van der Waals surface area contributed by atoms with Gasteiger partial charge in [0, 0.05) is 18.5 Å². The molecule has 3 heterocycles. The van der Waals surface area contributed by atoms with Gasteiger partial charge in [-0.25, -0.2) is 4.39 Å². The molecule has 1 aromatic carbocycles. The Hall–Kier alpha value is -2.61. The average molecular weight is 371 g/mol. The van der Waals surface area contributed by atoms with Gasteiger partial charge in [0.15, 0.2) is 0 Å². The van der Waals surface area contributed by atoms with Gasteiger partial charge in [-0.1, -0.05) is 12.1 Å². The van der Waals surface area contributed by atoms with Gasteiger partial charge in [-0.05, 0) is 50.6 Å². The van der Waals surface area contributed by atoms with E-state index in [0.717, 1.165) is 37.9 Å². The molecule has 1 aliphatic rings. The molecule has 0 bridgehead atoms. The summed E-state index contributed by atoms with van der Waals surface area (Å²) in [5, 5.41) is 12.3. The minimum absolute atomic E-state index is 0.0418. The number of aryl methyl sites for hydroxylation is 1. The van der Waals surface area contributed by atoms with Gasteiger partial charge in [-0.3, -0.25) is 4.90 Å². The van der Waals surface area contributed by atoms with E-state index in [1.807, 2.05) is 6.92 Å². The molecule has 1 saturated heterocycles.